The van der Waals surface area contributed by atoms with Crippen molar-refractivity contribution in [2.75, 3.05) is 13.1 Å². The van der Waals surface area contributed by atoms with Gasteiger partial charge in [-0.05, 0) is 62.3 Å². The minimum atomic E-state index is -1.58. The number of thiocarbonyl (C=S) groups is 1. The van der Waals surface area contributed by atoms with Crippen LogP contribution in [0, 0.1) is 5.92 Å². The van der Waals surface area contributed by atoms with E-state index in [1.165, 1.54) is 12.1 Å². The Balaban J connectivity index is 3.07. The molecule has 5 atom stereocenters. The number of aromatic hydroxyl groups is 1. The molecule has 0 unspecified atom stereocenters. The molecule has 3 amide bonds. The van der Waals surface area contributed by atoms with Gasteiger partial charge < -0.3 is 59.5 Å². The third-order valence-electron chi connectivity index (χ3n) is 7.13. The number of carboxylic acid groups (broad SMARTS) is 2. The fraction of sp³-hybridized carbons (Fsp3) is 0.567. The van der Waals surface area contributed by atoms with E-state index in [9.17, 15) is 39.3 Å². The molecule has 17 nitrogen and oxygen atoms in total. The Morgan fingerprint density at radius 1 is 0.833 bits per heavy atom. The second-order valence-corrected chi connectivity index (χ2v) is 12.0. The second kappa shape index (κ2) is 21.3. The number of nitrogens with two attached hydrogens (primary N) is 4. The second-order valence-electron chi connectivity index (χ2n) is 11.6. The first-order chi connectivity index (χ1) is 22.5. The molecule has 0 aliphatic heterocycles. The highest BCUT2D eigenvalue weighted by Gasteiger charge is 2.32. The minimum absolute atomic E-state index is 0.00337. The molecule has 0 bridgehead atoms. The summed E-state index contributed by atoms with van der Waals surface area (Å²) in [5, 5.41) is 39.2. The Bertz CT molecular complexity index is 1280. The first kappa shape index (κ1) is 41.5. The molecule has 1 aromatic carbocycles. The molecule has 0 radical (unpaired) electrons. The largest absolute Gasteiger partial charge is 0.508 e. The summed E-state index contributed by atoms with van der Waals surface area (Å²) in [6.45, 7) is 4.01. The average molecular weight is 696 g/mol. The van der Waals surface area contributed by atoms with Gasteiger partial charge >= 0.3 is 11.9 Å². The number of hydrogen-bond donors (Lipinski definition) is 11. The molecule has 0 heterocycles. The van der Waals surface area contributed by atoms with Crippen LogP contribution in [0.1, 0.15) is 57.9 Å². The van der Waals surface area contributed by atoms with Crippen LogP contribution in [0.15, 0.2) is 29.3 Å². The molecular weight excluding hydrogens is 646 g/mol. The van der Waals surface area contributed by atoms with Gasteiger partial charge in [0, 0.05) is 13.0 Å². The zero-order valence-corrected chi connectivity index (χ0v) is 28.0. The SMILES string of the molecule is CC(C)[C@H](NC(=O)[C@H](CC(=O)O)NC(=O)[C@H](CCCCN)NC(=O)[C@@H](N)CCCN=C(N)N)C(=S)N[C@@H](Cc1ccc(O)cc1)C(=O)O. The van der Waals surface area contributed by atoms with Crippen molar-refractivity contribution in [3.8, 4) is 5.75 Å². The summed E-state index contributed by atoms with van der Waals surface area (Å²) < 4.78 is 0. The third-order valence-corrected chi connectivity index (χ3v) is 7.51. The van der Waals surface area contributed by atoms with Crippen LogP contribution in [0.4, 0.5) is 0 Å². The van der Waals surface area contributed by atoms with Crippen molar-refractivity contribution in [2.45, 2.75) is 89.0 Å². The van der Waals surface area contributed by atoms with E-state index in [0.29, 0.717) is 31.4 Å². The lowest BCUT2D eigenvalue weighted by atomic mass is 10.0. The van der Waals surface area contributed by atoms with Gasteiger partial charge in [0.05, 0.1) is 23.5 Å². The minimum Gasteiger partial charge on any atom is -0.508 e. The highest BCUT2D eigenvalue weighted by Crippen LogP contribution is 2.13. The Morgan fingerprint density at radius 2 is 1.44 bits per heavy atom. The van der Waals surface area contributed by atoms with Gasteiger partial charge in [0.25, 0.3) is 0 Å². The number of phenolic OH excluding ortho intramolecular Hbond substituents is 1. The van der Waals surface area contributed by atoms with Gasteiger partial charge in [0.2, 0.25) is 17.7 Å². The predicted octanol–water partition coefficient (Wildman–Crippen LogP) is -1.60. The fourth-order valence-corrected chi connectivity index (χ4v) is 4.94. The molecule has 1 aromatic rings. The van der Waals surface area contributed by atoms with Gasteiger partial charge in [0.1, 0.15) is 23.9 Å². The van der Waals surface area contributed by atoms with Gasteiger partial charge in [-0.15, -0.1) is 0 Å². The van der Waals surface area contributed by atoms with Crippen LogP contribution in [-0.4, -0.2) is 99.2 Å². The van der Waals surface area contributed by atoms with Crippen molar-refractivity contribution in [2.24, 2.45) is 33.8 Å². The molecule has 48 heavy (non-hydrogen) atoms. The molecule has 0 aliphatic carbocycles. The summed E-state index contributed by atoms with van der Waals surface area (Å²) in [6.07, 6.45) is 0.930. The molecule has 0 spiro atoms. The molecule has 268 valence electrons. The molecule has 0 aromatic heterocycles. The van der Waals surface area contributed by atoms with Crippen LogP contribution >= 0.6 is 12.2 Å². The lowest BCUT2D eigenvalue weighted by Crippen LogP contribution is -2.59. The molecule has 0 aliphatic rings. The zero-order chi connectivity index (χ0) is 36.4. The topological polar surface area (TPSA) is 311 Å². The van der Waals surface area contributed by atoms with Crippen LogP contribution < -0.4 is 44.2 Å². The first-order valence-corrected chi connectivity index (χ1v) is 15.9. The number of rotatable bonds is 22. The van der Waals surface area contributed by atoms with E-state index in [-0.39, 0.29) is 48.4 Å². The van der Waals surface area contributed by atoms with E-state index in [1.54, 1.807) is 26.0 Å². The number of nitrogens with one attached hydrogen (secondary N) is 4. The number of unbranched alkanes of at least 4 members (excludes halogenated alkanes) is 1. The van der Waals surface area contributed by atoms with Gasteiger partial charge in [-0.2, -0.15) is 0 Å². The molecule has 0 fully saturated rings. The molecule has 15 N–H and O–H groups in total. The number of benzene rings is 1. The molecule has 0 saturated carbocycles. The van der Waals surface area contributed by atoms with E-state index in [4.69, 9.17) is 35.2 Å². The molecule has 18 heteroatoms. The normalized spacial score (nSPS) is 14.0. The number of carbonyl (C=O) groups excluding carboxylic acids is 3. The highest BCUT2D eigenvalue weighted by atomic mass is 32.1. The van der Waals surface area contributed by atoms with Crippen molar-refractivity contribution in [1.29, 1.82) is 0 Å². The standard InChI is InChI=1S/C30H49N9O8S/c1-16(2)24(28(48)38-22(29(46)47)14-17-8-10-18(40)11-9-17)39-27(45)21(15-23(41)42)37-26(44)20(7-3-4-12-31)36-25(43)19(32)6-5-13-35-30(33)34/h8-11,16,19-22,24,40H,3-7,12-15,31-32H2,1-2H3,(H,36,43)(H,37,44)(H,38,48)(H,39,45)(H,41,42)(H,46,47)(H4,33,34,35)/t19-,20-,21-,22-,24-/m0/s1. The van der Waals surface area contributed by atoms with Crippen LogP contribution in [0.5, 0.6) is 5.75 Å². The molecule has 1 rings (SSSR count). The number of aliphatic carboxylic acids is 2. The number of carboxylic acids is 2. The smallest absolute Gasteiger partial charge is 0.326 e. The van der Waals surface area contributed by atoms with Crippen molar-refractivity contribution in [3.63, 3.8) is 0 Å². The van der Waals surface area contributed by atoms with Crippen LogP contribution in [0.2, 0.25) is 0 Å². The van der Waals surface area contributed by atoms with E-state index < -0.39 is 66.3 Å². The first-order valence-electron chi connectivity index (χ1n) is 15.5. The highest BCUT2D eigenvalue weighted by molar-refractivity contribution is 7.80. The number of aliphatic imine (C=N–C) groups is 1. The van der Waals surface area contributed by atoms with Crippen LogP contribution in [0.25, 0.3) is 0 Å². The van der Waals surface area contributed by atoms with Crippen molar-refractivity contribution in [1.82, 2.24) is 21.3 Å². The van der Waals surface area contributed by atoms with Crippen LogP contribution in [-0.2, 0) is 30.4 Å². The maximum absolute atomic E-state index is 13.4. The van der Waals surface area contributed by atoms with E-state index in [0.717, 1.165) is 0 Å². The lowest BCUT2D eigenvalue weighted by molar-refractivity contribution is -0.141. The quantitative estimate of drug-likeness (QED) is 0.0282. The van der Waals surface area contributed by atoms with E-state index in [1.807, 2.05) is 0 Å². The summed E-state index contributed by atoms with van der Waals surface area (Å²) in [7, 11) is 0. The van der Waals surface area contributed by atoms with Crippen molar-refractivity contribution in [3.05, 3.63) is 29.8 Å². The fourth-order valence-electron chi connectivity index (χ4n) is 4.47. The monoisotopic (exact) mass is 695 g/mol. The van der Waals surface area contributed by atoms with Gasteiger partial charge in [-0.3, -0.25) is 24.2 Å². The number of nitrogens with zero attached hydrogens (tertiary/aromatic N) is 1. The number of hydrogen-bond acceptors (Lipinski definition) is 10. The summed E-state index contributed by atoms with van der Waals surface area (Å²) >= 11 is 5.47. The average Bonchev–Trinajstić information content (AvgIpc) is 3.00. The Morgan fingerprint density at radius 3 is 1.98 bits per heavy atom. The zero-order valence-electron chi connectivity index (χ0n) is 27.2. The van der Waals surface area contributed by atoms with Crippen molar-refractivity contribution < 1.29 is 39.3 Å². The number of phenols is 1. The Hall–Kier alpha value is -4.55. The van der Waals surface area contributed by atoms with Gasteiger partial charge in [-0.1, -0.05) is 38.2 Å². The summed E-state index contributed by atoms with van der Waals surface area (Å²) in [5.41, 5.74) is 22.8. The number of guanidine groups is 1. The molecule has 0 saturated heterocycles. The van der Waals surface area contributed by atoms with Crippen molar-refractivity contribution >= 4 is 52.8 Å². The van der Waals surface area contributed by atoms with Gasteiger partial charge in [-0.25, -0.2) is 4.79 Å². The van der Waals surface area contributed by atoms with Crippen LogP contribution in [0.3, 0.4) is 0 Å². The molecular formula is C30H49N9O8S. The van der Waals surface area contributed by atoms with Gasteiger partial charge in [0.15, 0.2) is 5.96 Å². The maximum atomic E-state index is 13.4. The van der Waals surface area contributed by atoms with E-state index in [2.05, 4.69) is 26.3 Å². The Labute approximate surface area is 284 Å². The number of carbonyl (C=O) groups is 5. The summed E-state index contributed by atoms with van der Waals surface area (Å²) in [6, 6.07) is 0.0960. The number of amides is 3. The predicted molar refractivity (Wildman–Crippen MR) is 183 cm³/mol. The Kier molecular flexibility index (Phi) is 18.4. The lowest BCUT2D eigenvalue weighted by Gasteiger charge is -2.29. The summed E-state index contributed by atoms with van der Waals surface area (Å²) in [4.78, 5) is 67.1. The maximum Gasteiger partial charge on any atom is 0.326 e. The third kappa shape index (κ3) is 15.8. The van der Waals surface area contributed by atoms with E-state index >= 15 is 0 Å². The summed E-state index contributed by atoms with van der Waals surface area (Å²) in [5.74, 6) is -5.40.